The smallest absolute Gasteiger partial charge is 0.412 e. The van der Waals surface area contributed by atoms with Gasteiger partial charge in [-0.3, -0.25) is 43.1 Å². The zero-order chi connectivity index (χ0) is 64.1. The quantitative estimate of drug-likeness (QED) is 0.0199. The van der Waals surface area contributed by atoms with Crippen LogP contribution in [0.1, 0.15) is 109 Å². The molecule has 4 aromatic heterocycles. The number of H-pyrrole nitrogens is 2. The van der Waals surface area contributed by atoms with E-state index in [1.165, 1.54) is 24.8 Å². The molecule has 4 amide bonds. The second-order valence-electron chi connectivity index (χ2n) is 22.3. The molecule has 4 fully saturated rings. The molecule has 0 saturated carbocycles. The van der Waals surface area contributed by atoms with Crippen molar-refractivity contribution in [1.82, 2.24) is 66.5 Å². The Labute approximate surface area is 530 Å². The Bertz CT molecular complexity index is 3560. The topological polar surface area (TPSA) is 425 Å². The average molecular weight is 1330 g/mol. The van der Waals surface area contributed by atoms with Gasteiger partial charge in [0.05, 0.1) is 93.0 Å². The highest BCUT2D eigenvalue weighted by Crippen LogP contribution is 2.55. The van der Waals surface area contributed by atoms with Gasteiger partial charge in [0, 0.05) is 124 Å². The first kappa shape index (κ1) is 72.8. The first-order valence-corrected chi connectivity index (χ1v) is 32.8. The second kappa shape index (κ2) is 32.9. The number of fused-ring (bicyclic) bond motifs is 2. The van der Waals surface area contributed by atoms with E-state index in [0.717, 1.165) is 39.0 Å². The Morgan fingerprint density at radius 1 is 0.685 bits per heavy atom. The molecule has 12 N–H and O–H groups in total. The van der Waals surface area contributed by atoms with Crippen molar-refractivity contribution in [3.05, 3.63) is 71.3 Å². The van der Waals surface area contributed by atoms with Gasteiger partial charge in [-0.25, -0.2) is 57.4 Å². The molecule has 6 aromatic rings. The molecule has 4 saturated heterocycles. The average Bonchev–Trinajstić information content (AvgIpc) is 1.52. The second-order valence-corrected chi connectivity index (χ2v) is 25.2. The molecule has 504 valence electrons. The molecule has 35 heteroatoms. The van der Waals surface area contributed by atoms with Crippen molar-refractivity contribution in [1.29, 1.82) is 5.26 Å². The Balaban J connectivity index is 0.000000256. The van der Waals surface area contributed by atoms with Crippen molar-refractivity contribution in [2.45, 2.75) is 97.1 Å². The lowest BCUT2D eigenvalue weighted by atomic mass is 9.98. The Morgan fingerprint density at radius 2 is 1.10 bits per heavy atom. The molecule has 2 unspecified atom stereocenters. The van der Waals surface area contributed by atoms with Gasteiger partial charge in [0.1, 0.15) is 22.8 Å². The first-order chi connectivity index (χ1) is 43.2. The van der Waals surface area contributed by atoms with Gasteiger partial charge >= 0.3 is 27.7 Å². The predicted octanol–water partition coefficient (Wildman–Crippen LogP) is 7.98. The molecule has 0 spiro atoms. The SMILES string of the molecule is CCNC(=O)Nc1nc2c([C@H]3CCCO3)c(F)c(-c3cnc(C(C)(C)OP(=O)(O)OCCN4CCOCC4)nc3)cc2[nH]1.CCNC(=O)Nc1nc2c([C@H]3CCCO3)c(F)c(-c3cnc(C(C)(C)OP(=O)(OCCC#N)OCCN4CCOCC4)nc3)cc2[nH]1.N.O. The number of phosphoric acid groups is 2. The summed E-state index contributed by atoms with van der Waals surface area (Å²) in [5.74, 6) is -0.466. The van der Waals surface area contributed by atoms with Gasteiger partial charge in [-0.05, 0) is 79.4 Å². The zero-order valence-corrected chi connectivity index (χ0v) is 54.1. The Morgan fingerprint density at radius 3 is 1.50 bits per heavy atom. The van der Waals surface area contributed by atoms with Gasteiger partial charge in [-0.1, -0.05) is 0 Å². The number of halogens is 2. The number of amides is 4. The minimum atomic E-state index is -4.44. The van der Waals surface area contributed by atoms with Crippen LogP contribution in [0.4, 0.5) is 30.3 Å². The van der Waals surface area contributed by atoms with Crippen LogP contribution in [-0.2, 0) is 61.9 Å². The van der Waals surface area contributed by atoms with Crippen LogP contribution in [-0.4, -0.2) is 184 Å². The Hall–Kier alpha value is -6.67. The molecule has 10 rings (SSSR count). The molecular formula is C57H82F2N16O15P2. The molecule has 4 aliphatic heterocycles. The van der Waals surface area contributed by atoms with E-state index < -0.39 is 62.8 Å². The normalized spacial score (nSPS) is 18.6. The van der Waals surface area contributed by atoms with Crippen LogP contribution in [0.5, 0.6) is 0 Å². The molecule has 2 aromatic carbocycles. The number of aromatic nitrogens is 8. The number of benzene rings is 2. The number of phosphoric ester groups is 2. The molecule has 0 radical (unpaired) electrons. The molecule has 4 aliphatic rings. The number of anilines is 2. The highest BCUT2D eigenvalue weighted by atomic mass is 31.2. The summed E-state index contributed by atoms with van der Waals surface area (Å²) in [5.41, 5.74) is 0.677. The van der Waals surface area contributed by atoms with E-state index in [9.17, 15) is 23.6 Å². The van der Waals surface area contributed by atoms with E-state index in [4.69, 9.17) is 46.8 Å². The van der Waals surface area contributed by atoms with Crippen LogP contribution in [0.2, 0.25) is 0 Å². The van der Waals surface area contributed by atoms with Crippen LogP contribution in [0.3, 0.4) is 0 Å². The van der Waals surface area contributed by atoms with Crippen LogP contribution >= 0.6 is 15.6 Å². The fourth-order valence-corrected chi connectivity index (χ4v) is 12.9. The van der Waals surface area contributed by atoms with E-state index in [0.29, 0.717) is 112 Å². The van der Waals surface area contributed by atoms with Crippen molar-refractivity contribution in [3.63, 3.8) is 0 Å². The number of carbonyl (C=O) groups excluding carboxylic acids is 2. The molecule has 0 aliphatic carbocycles. The third-order valence-electron chi connectivity index (χ3n) is 14.8. The van der Waals surface area contributed by atoms with E-state index in [2.05, 4.69) is 70.9 Å². The first-order valence-electron chi connectivity index (χ1n) is 29.9. The van der Waals surface area contributed by atoms with E-state index in [-0.39, 0.29) is 83.7 Å². The van der Waals surface area contributed by atoms with Crippen molar-refractivity contribution >= 4 is 61.7 Å². The lowest BCUT2D eigenvalue weighted by molar-refractivity contribution is 0.00957. The number of nitriles is 1. The molecule has 92 heavy (non-hydrogen) atoms. The van der Waals surface area contributed by atoms with Crippen LogP contribution in [0.25, 0.3) is 44.3 Å². The number of urea groups is 2. The summed E-state index contributed by atoms with van der Waals surface area (Å²) in [4.78, 5) is 71.2. The zero-order valence-electron chi connectivity index (χ0n) is 52.3. The summed E-state index contributed by atoms with van der Waals surface area (Å²) in [5, 5.41) is 19.5. The Kier molecular flexibility index (Phi) is 26.0. The largest absolute Gasteiger partial charge is 0.475 e. The maximum Gasteiger partial charge on any atom is 0.475 e. The summed E-state index contributed by atoms with van der Waals surface area (Å²) in [6.45, 7) is 18.0. The van der Waals surface area contributed by atoms with Crippen molar-refractivity contribution in [2.24, 2.45) is 0 Å². The molecule has 8 heterocycles. The van der Waals surface area contributed by atoms with Crippen LogP contribution in [0.15, 0.2) is 36.9 Å². The van der Waals surface area contributed by atoms with Gasteiger partial charge < -0.3 is 56.1 Å². The monoisotopic (exact) mass is 1330 g/mol. The maximum atomic E-state index is 16.3. The van der Waals surface area contributed by atoms with Gasteiger partial charge in [0.2, 0.25) is 11.9 Å². The molecule has 0 bridgehead atoms. The summed E-state index contributed by atoms with van der Waals surface area (Å²) < 4.78 is 109. The lowest BCUT2D eigenvalue weighted by Crippen LogP contribution is -2.38. The van der Waals surface area contributed by atoms with E-state index in [1.54, 1.807) is 53.7 Å². The lowest BCUT2D eigenvalue weighted by Gasteiger charge is -2.30. The third-order valence-corrected chi connectivity index (χ3v) is 17.7. The van der Waals surface area contributed by atoms with E-state index >= 15 is 8.78 Å². The fraction of sp³-hybridized carbons (Fsp3) is 0.561. The van der Waals surface area contributed by atoms with E-state index in [1.807, 2.05) is 6.07 Å². The number of hydrogen-bond acceptors (Lipinski definition) is 23. The molecule has 31 nitrogen and oxygen atoms in total. The van der Waals surface area contributed by atoms with Gasteiger partial charge in [0.15, 0.2) is 11.6 Å². The van der Waals surface area contributed by atoms with Crippen LogP contribution in [0, 0.1) is 23.0 Å². The third kappa shape index (κ3) is 18.8. The minimum absolute atomic E-state index is 0. The predicted molar refractivity (Wildman–Crippen MR) is 332 cm³/mol. The van der Waals surface area contributed by atoms with Crippen LogP contribution < -0.4 is 27.4 Å². The minimum Gasteiger partial charge on any atom is -0.412 e. The molecule has 4 atom stereocenters. The highest BCUT2D eigenvalue weighted by Gasteiger charge is 2.40. The number of hydrogen-bond donors (Lipinski definition) is 8. The fourth-order valence-electron chi connectivity index (χ4n) is 10.4. The highest BCUT2D eigenvalue weighted by molar-refractivity contribution is 7.48. The number of rotatable bonds is 25. The number of imidazole rings is 2. The van der Waals surface area contributed by atoms with Gasteiger partial charge in [0.25, 0.3) is 0 Å². The summed E-state index contributed by atoms with van der Waals surface area (Å²) in [6, 6.07) is 4.22. The number of morpholine rings is 2. The number of aromatic amines is 2. The number of nitrogens with one attached hydrogen (secondary N) is 6. The summed E-state index contributed by atoms with van der Waals surface area (Å²) in [7, 11) is -8.59. The molecular weight excluding hydrogens is 1250 g/mol. The number of nitrogens with zero attached hydrogens (tertiary/aromatic N) is 9. The van der Waals surface area contributed by atoms with Gasteiger partial charge in [-0.15, -0.1) is 0 Å². The number of carbonyl (C=O) groups is 2. The standard InChI is InChI=1S/C30H40FN8O7P.C27H37FN7O7P.H3N.H2O/c1-4-33-29(40)38-28-36-22-17-21(25(31)24(26(22)37-28)23-7-5-12-43-23)20-18-34-27(35-19-20)30(2,3)46-47(41,44-13-6-8-32)45-16-11-39-9-14-42-15-10-39;1-4-29-26(36)34-25-32-19-14-18(22(28)21(23(19)33-25)20-6-5-10-40-20)17-15-30-24(31-16-17)27(2,3)42-43(37,38)41-13-9-35-7-11-39-12-8-35;;/h17-19,23H,4-7,9-16H2,1-3H3,(H3,33,36,37,38,40);14-16,20H,4-13H2,1-3H3,(H,37,38)(H3,29,32,33,34,36);1H3;1H2/t23-,47?;20-;;/m11../s1. The van der Waals surface area contributed by atoms with Crippen molar-refractivity contribution in [3.8, 4) is 28.3 Å². The number of ether oxygens (including phenoxy) is 4. The van der Waals surface area contributed by atoms with Gasteiger partial charge in [-0.2, -0.15) is 5.26 Å². The van der Waals surface area contributed by atoms with Crippen molar-refractivity contribution < 1.29 is 79.4 Å². The summed E-state index contributed by atoms with van der Waals surface area (Å²) in [6.07, 6.45) is 7.51. The van der Waals surface area contributed by atoms with Crippen molar-refractivity contribution in [2.75, 3.05) is 122 Å². The maximum absolute atomic E-state index is 16.3. The summed E-state index contributed by atoms with van der Waals surface area (Å²) >= 11 is 0.